The molecule has 3 N–H and O–H groups in total. The van der Waals surface area contributed by atoms with Crippen LogP contribution in [0.25, 0.3) is 11.0 Å². The topological polar surface area (TPSA) is 130 Å². The monoisotopic (exact) mass is 377 g/mol. The maximum Gasteiger partial charge on any atom is 0.314 e. The van der Waals surface area contributed by atoms with E-state index in [1.54, 1.807) is 12.1 Å². The van der Waals surface area contributed by atoms with Crippen LogP contribution in [-0.4, -0.2) is 32.6 Å². The van der Waals surface area contributed by atoms with E-state index in [0.29, 0.717) is 17.0 Å². The van der Waals surface area contributed by atoms with Crippen molar-refractivity contribution in [1.29, 1.82) is 0 Å². The van der Waals surface area contributed by atoms with E-state index in [4.69, 9.17) is 9.47 Å². The Kier molecular flexibility index (Phi) is 4.43. The van der Waals surface area contributed by atoms with E-state index < -0.39 is 21.1 Å². The van der Waals surface area contributed by atoms with Gasteiger partial charge >= 0.3 is 11.1 Å². The summed E-state index contributed by atoms with van der Waals surface area (Å²) in [7, 11) is -1.11. The third-order valence-corrected chi connectivity index (χ3v) is 5.02. The molecule has 0 aliphatic rings. The van der Waals surface area contributed by atoms with Crippen molar-refractivity contribution in [1.82, 2.24) is 9.97 Å². The Bertz CT molecular complexity index is 1200. The quantitative estimate of drug-likeness (QED) is 0.570. The first-order valence-corrected chi connectivity index (χ1v) is 8.83. The smallest absolute Gasteiger partial charge is 0.314 e. The van der Waals surface area contributed by atoms with E-state index in [1.165, 1.54) is 38.5 Å². The summed E-state index contributed by atoms with van der Waals surface area (Å²) >= 11 is 0. The summed E-state index contributed by atoms with van der Waals surface area (Å²) < 4.78 is 38.1. The first-order valence-electron chi connectivity index (χ1n) is 7.35. The van der Waals surface area contributed by atoms with Crippen LogP contribution in [0.4, 0.5) is 5.69 Å². The number of hydrogen-bond acceptors (Lipinski definition) is 6. The van der Waals surface area contributed by atoms with E-state index in [-0.39, 0.29) is 16.1 Å². The molecule has 0 saturated heterocycles. The summed E-state index contributed by atoms with van der Waals surface area (Å²) in [5.74, 6) is 0.761. The standard InChI is InChI=1S/C16H15N3O6S/c1-24-9-3-6-14(25-2)13(7-9)19-26(22,23)10-4-5-11-12(8-10)18-16(21)15(20)17-11/h3-8,19H,1-2H3,(H,17,20)(H,18,21). The fraction of sp³-hybridized carbons (Fsp3) is 0.125. The Balaban J connectivity index is 2.06. The van der Waals surface area contributed by atoms with Crippen LogP contribution in [0.3, 0.4) is 0 Å². The molecule has 0 bridgehead atoms. The minimum absolute atomic E-state index is 0.0995. The molecule has 0 saturated carbocycles. The SMILES string of the molecule is COc1ccc(OC)c(NS(=O)(=O)c2ccc3[nH]c(=O)c(=O)[nH]c3c2)c1. The predicted octanol–water partition coefficient (Wildman–Crippen LogP) is 1.03. The molecule has 0 spiro atoms. The average molecular weight is 377 g/mol. The second-order valence-electron chi connectivity index (χ2n) is 5.29. The molecular weight excluding hydrogens is 362 g/mol. The van der Waals surface area contributed by atoms with Gasteiger partial charge in [0.05, 0.1) is 35.8 Å². The molecule has 0 aliphatic carbocycles. The van der Waals surface area contributed by atoms with Gasteiger partial charge in [-0.25, -0.2) is 8.42 Å². The second-order valence-corrected chi connectivity index (χ2v) is 6.97. The van der Waals surface area contributed by atoms with Gasteiger partial charge in [0.15, 0.2) is 0 Å². The van der Waals surface area contributed by atoms with Crippen molar-refractivity contribution in [2.45, 2.75) is 4.90 Å². The van der Waals surface area contributed by atoms with Crippen LogP contribution in [0.1, 0.15) is 0 Å². The molecule has 26 heavy (non-hydrogen) atoms. The molecule has 0 unspecified atom stereocenters. The summed E-state index contributed by atoms with van der Waals surface area (Å²) in [6, 6.07) is 8.64. The first kappa shape index (κ1) is 17.5. The molecule has 0 amide bonds. The molecule has 0 radical (unpaired) electrons. The molecule has 0 aliphatic heterocycles. The van der Waals surface area contributed by atoms with Crippen LogP contribution in [0.2, 0.25) is 0 Å². The van der Waals surface area contributed by atoms with E-state index in [0.717, 1.165) is 0 Å². The lowest BCUT2D eigenvalue weighted by Gasteiger charge is -2.13. The highest BCUT2D eigenvalue weighted by molar-refractivity contribution is 7.92. The molecule has 0 atom stereocenters. The van der Waals surface area contributed by atoms with Crippen molar-refractivity contribution in [2.75, 3.05) is 18.9 Å². The highest BCUT2D eigenvalue weighted by Crippen LogP contribution is 2.31. The zero-order chi connectivity index (χ0) is 18.9. The van der Waals surface area contributed by atoms with Gasteiger partial charge in [-0.2, -0.15) is 0 Å². The van der Waals surface area contributed by atoms with Gasteiger partial charge in [-0.3, -0.25) is 14.3 Å². The number of benzene rings is 2. The van der Waals surface area contributed by atoms with Crippen LogP contribution in [0.5, 0.6) is 11.5 Å². The molecule has 3 rings (SSSR count). The normalized spacial score (nSPS) is 11.3. The average Bonchev–Trinajstić information content (AvgIpc) is 2.61. The molecule has 1 aromatic heterocycles. The van der Waals surface area contributed by atoms with Gasteiger partial charge < -0.3 is 19.4 Å². The van der Waals surface area contributed by atoms with Crippen LogP contribution < -0.4 is 25.3 Å². The second kappa shape index (κ2) is 6.56. The summed E-state index contributed by atoms with van der Waals surface area (Å²) in [6.07, 6.45) is 0. The van der Waals surface area contributed by atoms with Gasteiger partial charge in [-0.1, -0.05) is 0 Å². The number of rotatable bonds is 5. The van der Waals surface area contributed by atoms with E-state index >= 15 is 0 Å². The van der Waals surface area contributed by atoms with E-state index in [9.17, 15) is 18.0 Å². The minimum atomic E-state index is -3.98. The Morgan fingerprint density at radius 3 is 2.23 bits per heavy atom. The number of fused-ring (bicyclic) bond motifs is 1. The number of methoxy groups -OCH3 is 2. The number of nitrogens with one attached hydrogen (secondary N) is 3. The lowest BCUT2D eigenvalue weighted by atomic mass is 10.3. The van der Waals surface area contributed by atoms with Crippen molar-refractivity contribution >= 4 is 26.7 Å². The number of anilines is 1. The van der Waals surface area contributed by atoms with Crippen LogP contribution in [-0.2, 0) is 10.0 Å². The maximum atomic E-state index is 12.7. The van der Waals surface area contributed by atoms with Crippen LogP contribution in [0, 0.1) is 0 Å². The largest absolute Gasteiger partial charge is 0.497 e. The number of sulfonamides is 1. The fourth-order valence-electron chi connectivity index (χ4n) is 2.36. The van der Waals surface area contributed by atoms with Crippen molar-refractivity contribution in [3.05, 3.63) is 57.1 Å². The highest BCUT2D eigenvalue weighted by atomic mass is 32.2. The summed E-state index contributed by atoms with van der Waals surface area (Å²) in [4.78, 5) is 27.4. The molecular formula is C16H15N3O6S. The minimum Gasteiger partial charge on any atom is -0.497 e. The van der Waals surface area contributed by atoms with Crippen molar-refractivity contribution in [2.24, 2.45) is 0 Å². The number of H-pyrrole nitrogens is 2. The third kappa shape index (κ3) is 3.26. The van der Waals surface area contributed by atoms with Gasteiger partial charge in [0.1, 0.15) is 11.5 Å². The zero-order valence-corrected chi connectivity index (χ0v) is 14.6. The molecule has 10 heteroatoms. The number of ether oxygens (including phenoxy) is 2. The third-order valence-electron chi connectivity index (χ3n) is 3.65. The molecule has 3 aromatic rings. The number of aromatic amines is 2. The lowest BCUT2D eigenvalue weighted by molar-refractivity contribution is 0.405. The van der Waals surface area contributed by atoms with Crippen LogP contribution >= 0.6 is 0 Å². The Labute approximate surface area is 147 Å². The summed E-state index contributed by atoms with van der Waals surface area (Å²) in [5, 5.41) is 0. The molecule has 2 aromatic carbocycles. The molecule has 136 valence electrons. The van der Waals surface area contributed by atoms with Crippen molar-refractivity contribution in [3.8, 4) is 11.5 Å². The zero-order valence-electron chi connectivity index (χ0n) is 13.8. The highest BCUT2D eigenvalue weighted by Gasteiger charge is 2.18. The van der Waals surface area contributed by atoms with Gasteiger partial charge in [-0.05, 0) is 30.3 Å². The number of aromatic nitrogens is 2. The van der Waals surface area contributed by atoms with Crippen molar-refractivity contribution in [3.63, 3.8) is 0 Å². The van der Waals surface area contributed by atoms with Gasteiger partial charge in [0, 0.05) is 6.07 Å². The Morgan fingerprint density at radius 1 is 0.885 bits per heavy atom. The predicted molar refractivity (Wildman–Crippen MR) is 95.5 cm³/mol. The molecule has 1 heterocycles. The number of hydrogen-bond donors (Lipinski definition) is 3. The van der Waals surface area contributed by atoms with Crippen molar-refractivity contribution < 1.29 is 17.9 Å². The van der Waals surface area contributed by atoms with Gasteiger partial charge in [-0.15, -0.1) is 0 Å². The van der Waals surface area contributed by atoms with Gasteiger partial charge in [0.2, 0.25) is 0 Å². The Hall–Kier alpha value is -3.27. The van der Waals surface area contributed by atoms with E-state index in [2.05, 4.69) is 14.7 Å². The maximum absolute atomic E-state index is 12.7. The Morgan fingerprint density at radius 2 is 1.58 bits per heavy atom. The van der Waals surface area contributed by atoms with E-state index in [1.807, 2.05) is 0 Å². The molecule has 9 nitrogen and oxygen atoms in total. The molecule has 0 fully saturated rings. The van der Waals surface area contributed by atoms with Crippen LogP contribution in [0.15, 0.2) is 50.9 Å². The van der Waals surface area contributed by atoms with Gasteiger partial charge in [0.25, 0.3) is 10.0 Å². The fourth-order valence-corrected chi connectivity index (χ4v) is 3.45. The first-order chi connectivity index (χ1) is 12.3. The summed E-state index contributed by atoms with van der Waals surface area (Å²) in [6.45, 7) is 0. The lowest BCUT2D eigenvalue weighted by Crippen LogP contribution is -2.29. The summed E-state index contributed by atoms with van der Waals surface area (Å²) in [5.41, 5.74) is -0.980.